The van der Waals surface area contributed by atoms with Crippen molar-refractivity contribution in [2.24, 2.45) is 22.8 Å². The summed E-state index contributed by atoms with van der Waals surface area (Å²) in [5, 5.41) is 10.2. The molecule has 13 heavy (non-hydrogen) atoms. The van der Waals surface area contributed by atoms with Gasteiger partial charge in [0.2, 0.25) is 0 Å². The van der Waals surface area contributed by atoms with E-state index in [1.165, 1.54) is 0 Å². The number of hydrogen-bond donors (Lipinski definition) is 3. The van der Waals surface area contributed by atoms with Crippen molar-refractivity contribution >= 4 is 0 Å². The van der Waals surface area contributed by atoms with Crippen LogP contribution in [0.5, 0.6) is 0 Å². The van der Waals surface area contributed by atoms with Gasteiger partial charge in [-0.2, -0.15) is 0 Å². The Morgan fingerprint density at radius 2 is 2.15 bits per heavy atom. The smallest absolute Gasteiger partial charge is 0.0811 e. The summed E-state index contributed by atoms with van der Waals surface area (Å²) in [5.74, 6) is 0.482. The van der Waals surface area contributed by atoms with Crippen molar-refractivity contribution in [3.8, 4) is 0 Å². The average Bonchev–Trinajstić information content (AvgIpc) is 2.48. The highest BCUT2D eigenvalue weighted by atomic mass is 16.3. The van der Waals surface area contributed by atoms with Crippen molar-refractivity contribution in [3.05, 3.63) is 0 Å². The topological polar surface area (TPSA) is 72.3 Å². The second-order valence-corrected chi connectivity index (χ2v) is 4.63. The van der Waals surface area contributed by atoms with Crippen LogP contribution in [0.3, 0.4) is 0 Å². The van der Waals surface area contributed by atoms with Crippen LogP contribution in [0.4, 0.5) is 0 Å². The summed E-state index contributed by atoms with van der Waals surface area (Å²) in [6.07, 6.45) is 3.33. The van der Waals surface area contributed by atoms with Crippen LogP contribution in [0.25, 0.3) is 0 Å². The zero-order chi connectivity index (χ0) is 10.1. The van der Waals surface area contributed by atoms with Crippen molar-refractivity contribution in [1.82, 2.24) is 0 Å². The lowest BCUT2D eigenvalue weighted by Crippen LogP contribution is -2.56. The minimum Gasteiger partial charge on any atom is -0.388 e. The summed E-state index contributed by atoms with van der Waals surface area (Å²) in [6.45, 7) is 4.83. The monoisotopic (exact) mass is 186 g/mol. The molecule has 3 heteroatoms. The van der Waals surface area contributed by atoms with E-state index in [1.807, 2.05) is 6.92 Å². The fraction of sp³-hybridized carbons (Fsp3) is 1.00. The van der Waals surface area contributed by atoms with Gasteiger partial charge in [0.1, 0.15) is 0 Å². The molecule has 0 bridgehead atoms. The van der Waals surface area contributed by atoms with Gasteiger partial charge in [-0.05, 0) is 19.3 Å². The predicted molar refractivity (Wildman–Crippen MR) is 54.2 cm³/mol. The quantitative estimate of drug-likeness (QED) is 0.599. The van der Waals surface area contributed by atoms with Crippen molar-refractivity contribution in [2.75, 3.05) is 13.1 Å². The molecule has 0 aromatic heterocycles. The van der Waals surface area contributed by atoms with Gasteiger partial charge in [0.25, 0.3) is 0 Å². The van der Waals surface area contributed by atoms with Gasteiger partial charge in [-0.1, -0.05) is 19.8 Å². The lowest BCUT2D eigenvalue weighted by molar-refractivity contribution is -0.0765. The highest BCUT2D eigenvalue weighted by Gasteiger charge is 2.51. The summed E-state index contributed by atoms with van der Waals surface area (Å²) in [6, 6.07) is 0. The molecule has 3 nitrogen and oxygen atoms in total. The maximum atomic E-state index is 10.2. The number of aliphatic hydroxyl groups is 1. The molecule has 1 rings (SSSR count). The van der Waals surface area contributed by atoms with Gasteiger partial charge in [0.15, 0.2) is 0 Å². The molecule has 5 N–H and O–H groups in total. The Balaban J connectivity index is 2.92. The van der Waals surface area contributed by atoms with Crippen LogP contribution in [0, 0.1) is 11.3 Å². The van der Waals surface area contributed by atoms with Crippen LogP contribution in [0.15, 0.2) is 0 Å². The minimum absolute atomic E-state index is 0.151. The molecule has 0 aromatic rings. The van der Waals surface area contributed by atoms with E-state index in [-0.39, 0.29) is 5.41 Å². The molecule has 3 unspecified atom stereocenters. The SMILES string of the molecule is CC1CCCC1(CN)C(C)(O)CN. The molecule has 78 valence electrons. The Hall–Kier alpha value is -0.120. The first-order valence-electron chi connectivity index (χ1n) is 5.13. The van der Waals surface area contributed by atoms with Crippen LogP contribution in [-0.2, 0) is 0 Å². The largest absolute Gasteiger partial charge is 0.388 e. The van der Waals surface area contributed by atoms with Gasteiger partial charge in [0.05, 0.1) is 5.60 Å². The predicted octanol–water partition coefficient (Wildman–Crippen LogP) is 0.461. The zero-order valence-electron chi connectivity index (χ0n) is 8.71. The Bertz CT molecular complexity index is 182. The summed E-state index contributed by atoms with van der Waals surface area (Å²) < 4.78 is 0. The van der Waals surface area contributed by atoms with Crippen LogP contribution in [0.2, 0.25) is 0 Å². The Morgan fingerprint density at radius 1 is 1.54 bits per heavy atom. The molecule has 0 amide bonds. The average molecular weight is 186 g/mol. The molecule has 1 aliphatic carbocycles. The summed E-state index contributed by atoms with van der Waals surface area (Å²) >= 11 is 0. The van der Waals surface area contributed by atoms with E-state index >= 15 is 0 Å². The van der Waals surface area contributed by atoms with Crippen molar-refractivity contribution in [2.45, 2.75) is 38.7 Å². The van der Waals surface area contributed by atoms with E-state index in [4.69, 9.17) is 11.5 Å². The van der Waals surface area contributed by atoms with E-state index in [2.05, 4.69) is 6.92 Å². The van der Waals surface area contributed by atoms with Crippen molar-refractivity contribution < 1.29 is 5.11 Å². The van der Waals surface area contributed by atoms with Crippen LogP contribution in [-0.4, -0.2) is 23.8 Å². The van der Waals surface area contributed by atoms with E-state index in [1.54, 1.807) is 0 Å². The maximum Gasteiger partial charge on any atom is 0.0811 e. The maximum absolute atomic E-state index is 10.2. The lowest BCUT2D eigenvalue weighted by atomic mass is 9.66. The van der Waals surface area contributed by atoms with Crippen LogP contribution >= 0.6 is 0 Å². The molecular formula is C10H22N2O. The number of nitrogens with two attached hydrogens (primary N) is 2. The summed E-state index contributed by atoms with van der Waals surface area (Å²) in [4.78, 5) is 0. The van der Waals surface area contributed by atoms with E-state index in [9.17, 15) is 5.11 Å². The normalized spacial score (nSPS) is 39.0. The Kier molecular flexibility index (Phi) is 3.00. The van der Waals surface area contributed by atoms with Gasteiger partial charge >= 0.3 is 0 Å². The van der Waals surface area contributed by atoms with Gasteiger partial charge in [-0.25, -0.2) is 0 Å². The fourth-order valence-corrected chi connectivity index (χ4v) is 2.77. The third kappa shape index (κ3) is 1.49. The first-order valence-corrected chi connectivity index (χ1v) is 5.13. The first-order chi connectivity index (χ1) is 6.00. The molecule has 0 aliphatic heterocycles. The van der Waals surface area contributed by atoms with Crippen molar-refractivity contribution in [3.63, 3.8) is 0 Å². The van der Waals surface area contributed by atoms with E-state index < -0.39 is 5.60 Å². The first kappa shape index (κ1) is 11.0. The number of rotatable bonds is 3. The van der Waals surface area contributed by atoms with Crippen LogP contribution in [0.1, 0.15) is 33.1 Å². The molecular weight excluding hydrogens is 164 g/mol. The highest BCUT2D eigenvalue weighted by Crippen LogP contribution is 2.49. The lowest BCUT2D eigenvalue weighted by Gasteiger charge is -2.44. The number of hydrogen-bond acceptors (Lipinski definition) is 3. The second-order valence-electron chi connectivity index (χ2n) is 4.63. The molecule has 1 aliphatic rings. The van der Waals surface area contributed by atoms with E-state index in [0.29, 0.717) is 19.0 Å². The Labute approximate surface area is 80.5 Å². The van der Waals surface area contributed by atoms with Gasteiger partial charge in [-0.3, -0.25) is 0 Å². The highest BCUT2D eigenvalue weighted by molar-refractivity contribution is 5.03. The minimum atomic E-state index is -0.808. The van der Waals surface area contributed by atoms with E-state index in [0.717, 1.165) is 19.3 Å². The second kappa shape index (κ2) is 3.56. The molecule has 0 saturated heterocycles. The molecule has 0 heterocycles. The molecule has 3 atom stereocenters. The molecule has 1 saturated carbocycles. The molecule has 0 radical (unpaired) electrons. The summed E-state index contributed by atoms with van der Waals surface area (Å²) in [7, 11) is 0. The molecule has 0 aromatic carbocycles. The third-order valence-electron chi connectivity index (χ3n) is 4.04. The summed E-state index contributed by atoms with van der Waals surface area (Å²) in [5.41, 5.74) is 10.4. The standard InChI is InChI=1S/C10H22N2O/c1-8-4-3-5-10(8,7-12)9(2,13)6-11/h8,13H,3-7,11-12H2,1-2H3. The fourth-order valence-electron chi connectivity index (χ4n) is 2.77. The van der Waals surface area contributed by atoms with Crippen LogP contribution < -0.4 is 11.5 Å². The Morgan fingerprint density at radius 3 is 2.46 bits per heavy atom. The third-order valence-corrected chi connectivity index (χ3v) is 4.04. The molecule has 1 fully saturated rings. The van der Waals surface area contributed by atoms with Gasteiger partial charge < -0.3 is 16.6 Å². The van der Waals surface area contributed by atoms with Crippen molar-refractivity contribution in [1.29, 1.82) is 0 Å². The zero-order valence-corrected chi connectivity index (χ0v) is 8.71. The van der Waals surface area contributed by atoms with Gasteiger partial charge in [0, 0.05) is 18.5 Å². The molecule has 0 spiro atoms. The van der Waals surface area contributed by atoms with Gasteiger partial charge in [-0.15, -0.1) is 0 Å².